The monoisotopic (exact) mass is 243 g/mol. The highest BCUT2D eigenvalue weighted by molar-refractivity contribution is 6.22. The van der Waals surface area contributed by atoms with Gasteiger partial charge in [-0.25, -0.2) is 0 Å². The Morgan fingerprint density at radius 1 is 1.31 bits per heavy atom. The molecule has 1 heterocycles. The van der Waals surface area contributed by atoms with Crippen molar-refractivity contribution >= 4 is 22.5 Å². The van der Waals surface area contributed by atoms with Crippen molar-refractivity contribution in [2.75, 3.05) is 0 Å². The standard InChI is InChI=1S/C11H8ClF2NO/c12-11(13,14)10(16)8-3-4-9-7(6-8)2-1-5-15-9/h1-6,10,16H. The van der Waals surface area contributed by atoms with E-state index in [1.54, 1.807) is 24.4 Å². The van der Waals surface area contributed by atoms with Gasteiger partial charge in [0.2, 0.25) is 0 Å². The molecule has 2 nitrogen and oxygen atoms in total. The molecule has 0 saturated carbocycles. The highest BCUT2D eigenvalue weighted by Gasteiger charge is 2.36. The van der Waals surface area contributed by atoms with E-state index in [1.807, 2.05) is 0 Å². The van der Waals surface area contributed by atoms with Crippen molar-refractivity contribution in [1.82, 2.24) is 4.98 Å². The Hall–Kier alpha value is -1.26. The summed E-state index contributed by atoms with van der Waals surface area (Å²) in [5.41, 5.74) is 0.747. The van der Waals surface area contributed by atoms with E-state index < -0.39 is 11.5 Å². The number of halogens is 3. The molecule has 1 N–H and O–H groups in total. The first kappa shape index (κ1) is 11.2. The van der Waals surface area contributed by atoms with Crippen molar-refractivity contribution in [1.29, 1.82) is 0 Å². The lowest BCUT2D eigenvalue weighted by Gasteiger charge is -2.16. The topological polar surface area (TPSA) is 33.1 Å². The van der Waals surface area contributed by atoms with Crippen molar-refractivity contribution in [2.24, 2.45) is 0 Å². The van der Waals surface area contributed by atoms with Gasteiger partial charge in [0.1, 0.15) is 0 Å². The molecule has 0 amide bonds. The smallest absolute Gasteiger partial charge is 0.351 e. The number of hydrogen-bond acceptors (Lipinski definition) is 2. The maximum Gasteiger partial charge on any atom is 0.351 e. The number of aliphatic hydroxyl groups excluding tert-OH is 1. The molecule has 1 aromatic carbocycles. The highest BCUT2D eigenvalue weighted by Crippen LogP contribution is 2.35. The lowest BCUT2D eigenvalue weighted by Crippen LogP contribution is -2.18. The summed E-state index contributed by atoms with van der Waals surface area (Å²) in [7, 11) is 0. The van der Waals surface area contributed by atoms with Crippen LogP contribution in [-0.4, -0.2) is 15.5 Å². The van der Waals surface area contributed by atoms with E-state index in [1.165, 1.54) is 12.1 Å². The third-order valence-electron chi connectivity index (χ3n) is 2.25. The van der Waals surface area contributed by atoms with Gasteiger partial charge < -0.3 is 5.11 Å². The Morgan fingerprint density at radius 2 is 2.06 bits per heavy atom. The molecule has 0 saturated heterocycles. The Kier molecular flexibility index (Phi) is 2.78. The zero-order valence-electron chi connectivity index (χ0n) is 8.07. The molecule has 16 heavy (non-hydrogen) atoms. The molecule has 84 valence electrons. The number of nitrogens with zero attached hydrogens (tertiary/aromatic N) is 1. The number of fused-ring (bicyclic) bond motifs is 1. The van der Waals surface area contributed by atoms with Crippen LogP contribution in [-0.2, 0) is 0 Å². The van der Waals surface area contributed by atoms with Gasteiger partial charge in [-0.05, 0) is 35.4 Å². The summed E-state index contributed by atoms with van der Waals surface area (Å²) in [4.78, 5) is 4.04. The van der Waals surface area contributed by atoms with Crippen LogP contribution >= 0.6 is 11.6 Å². The Bertz CT molecular complexity index is 513. The fraction of sp³-hybridized carbons (Fsp3) is 0.182. The number of alkyl halides is 3. The molecule has 0 aliphatic rings. The average Bonchev–Trinajstić information content (AvgIpc) is 2.26. The number of pyridine rings is 1. The Balaban J connectivity index is 2.47. The third-order valence-corrected chi connectivity index (χ3v) is 2.46. The summed E-state index contributed by atoms with van der Waals surface area (Å²) in [5.74, 6) is 0. The first-order valence-corrected chi connectivity index (χ1v) is 4.96. The van der Waals surface area contributed by atoms with Crippen molar-refractivity contribution in [2.45, 2.75) is 11.5 Å². The Labute approximate surface area is 95.5 Å². The fourth-order valence-corrected chi connectivity index (χ4v) is 1.58. The third kappa shape index (κ3) is 2.13. The summed E-state index contributed by atoms with van der Waals surface area (Å²) in [6.07, 6.45) is -0.409. The van der Waals surface area contributed by atoms with Crippen LogP contribution in [0.2, 0.25) is 0 Å². The maximum absolute atomic E-state index is 12.7. The van der Waals surface area contributed by atoms with Gasteiger partial charge >= 0.3 is 5.38 Å². The van der Waals surface area contributed by atoms with Gasteiger partial charge in [-0.15, -0.1) is 0 Å². The second kappa shape index (κ2) is 3.96. The van der Waals surface area contributed by atoms with Gasteiger partial charge in [0.25, 0.3) is 0 Å². The molecule has 0 fully saturated rings. The molecule has 2 aromatic rings. The van der Waals surface area contributed by atoms with E-state index in [0.717, 1.165) is 0 Å². The molecule has 5 heteroatoms. The molecule has 0 radical (unpaired) electrons. The molecular weight excluding hydrogens is 236 g/mol. The molecular formula is C11H8ClF2NO. The average molecular weight is 244 g/mol. The number of aliphatic hydroxyl groups is 1. The van der Waals surface area contributed by atoms with Crippen LogP contribution in [0.3, 0.4) is 0 Å². The van der Waals surface area contributed by atoms with Gasteiger partial charge in [0.05, 0.1) is 5.52 Å². The fourth-order valence-electron chi connectivity index (χ4n) is 1.45. The van der Waals surface area contributed by atoms with Crippen LogP contribution < -0.4 is 0 Å². The van der Waals surface area contributed by atoms with Gasteiger partial charge in [0.15, 0.2) is 6.10 Å². The van der Waals surface area contributed by atoms with Gasteiger partial charge in [-0.2, -0.15) is 8.78 Å². The quantitative estimate of drug-likeness (QED) is 0.823. The summed E-state index contributed by atoms with van der Waals surface area (Å²) >= 11 is 4.77. The van der Waals surface area contributed by atoms with Crippen molar-refractivity contribution in [3.8, 4) is 0 Å². The van der Waals surface area contributed by atoms with Crippen molar-refractivity contribution in [3.05, 3.63) is 42.1 Å². The largest absolute Gasteiger partial charge is 0.381 e. The minimum Gasteiger partial charge on any atom is -0.381 e. The minimum absolute atomic E-state index is 0.0699. The lowest BCUT2D eigenvalue weighted by atomic mass is 10.1. The summed E-state index contributed by atoms with van der Waals surface area (Å²) in [6.45, 7) is 0. The van der Waals surface area contributed by atoms with Gasteiger partial charge in [-0.1, -0.05) is 12.1 Å². The van der Waals surface area contributed by atoms with E-state index in [4.69, 9.17) is 11.6 Å². The molecule has 1 unspecified atom stereocenters. The first-order chi connectivity index (χ1) is 7.48. The van der Waals surface area contributed by atoms with Crippen LogP contribution in [0.25, 0.3) is 10.9 Å². The molecule has 2 rings (SSSR count). The summed E-state index contributed by atoms with van der Waals surface area (Å²) in [5, 5.41) is 6.32. The van der Waals surface area contributed by atoms with Gasteiger partial charge in [-0.3, -0.25) is 4.98 Å². The van der Waals surface area contributed by atoms with Crippen LogP contribution in [0.1, 0.15) is 11.7 Å². The predicted octanol–water partition coefficient (Wildman–Crippen LogP) is 3.10. The van der Waals surface area contributed by atoms with Crippen LogP contribution in [0.5, 0.6) is 0 Å². The van der Waals surface area contributed by atoms with E-state index in [-0.39, 0.29) is 5.56 Å². The van der Waals surface area contributed by atoms with E-state index >= 15 is 0 Å². The molecule has 1 atom stereocenters. The van der Waals surface area contributed by atoms with Crippen LogP contribution in [0.15, 0.2) is 36.5 Å². The second-order valence-electron chi connectivity index (χ2n) is 3.40. The maximum atomic E-state index is 12.7. The predicted molar refractivity (Wildman–Crippen MR) is 57.5 cm³/mol. The lowest BCUT2D eigenvalue weighted by molar-refractivity contribution is -0.0424. The molecule has 0 spiro atoms. The normalized spacial score (nSPS) is 14.0. The molecule has 1 aromatic heterocycles. The minimum atomic E-state index is -3.67. The first-order valence-electron chi connectivity index (χ1n) is 4.58. The second-order valence-corrected chi connectivity index (χ2v) is 3.90. The zero-order valence-corrected chi connectivity index (χ0v) is 8.83. The molecule has 0 aliphatic carbocycles. The van der Waals surface area contributed by atoms with Crippen molar-refractivity contribution < 1.29 is 13.9 Å². The van der Waals surface area contributed by atoms with Gasteiger partial charge in [0, 0.05) is 11.6 Å². The molecule has 0 bridgehead atoms. The summed E-state index contributed by atoms with van der Waals surface area (Å²) in [6, 6.07) is 7.82. The van der Waals surface area contributed by atoms with Crippen LogP contribution in [0.4, 0.5) is 8.78 Å². The zero-order chi connectivity index (χ0) is 11.8. The molecule has 0 aliphatic heterocycles. The van der Waals surface area contributed by atoms with Crippen LogP contribution in [0, 0.1) is 0 Å². The van der Waals surface area contributed by atoms with Crippen molar-refractivity contribution in [3.63, 3.8) is 0 Å². The van der Waals surface area contributed by atoms with E-state index in [0.29, 0.717) is 10.9 Å². The number of hydrogen-bond donors (Lipinski definition) is 1. The van der Waals surface area contributed by atoms with E-state index in [2.05, 4.69) is 4.98 Å². The Morgan fingerprint density at radius 3 is 2.75 bits per heavy atom. The SMILES string of the molecule is OC(c1ccc2ncccc2c1)C(F)(F)Cl. The number of rotatable bonds is 2. The summed E-state index contributed by atoms with van der Waals surface area (Å²) < 4.78 is 25.4. The number of benzene rings is 1. The highest BCUT2D eigenvalue weighted by atomic mass is 35.5. The number of aromatic nitrogens is 1. The van der Waals surface area contributed by atoms with E-state index in [9.17, 15) is 13.9 Å².